The second-order valence-corrected chi connectivity index (χ2v) is 6.68. The van der Waals surface area contributed by atoms with Gasteiger partial charge in [0.15, 0.2) is 0 Å². The van der Waals surface area contributed by atoms with Crippen LogP contribution in [0.1, 0.15) is 36.0 Å². The topological polar surface area (TPSA) is 57.3 Å². The van der Waals surface area contributed by atoms with Gasteiger partial charge in [0.05, 0.1) is 0 Å². The minimum atomic E-state index is -0.195. The number of anilines is 2. The number of amides is 2. The third-order valence-electron chi connectivity index (χ3n) is 4.71. The summed E-state index contributed by atoms with van der Waals surface area (Å²) in [6, 6.07) is 9.74. The first-order valence-corrected chi connectivity index (χ1v) is 8.94. The maximum atomic E-state index is 12.1. The third-order valence-corrected chi connectivity index (χ3v) is 4.71. The van der Waals surface area contributed by atoms with Crippen molar-refractivity contribution >= 4 is 17.5 Å². The molecular formula is C20H26N4O. The SMILES string of the molecule is Cc1ccc(NC(=O)NCc2ccnc(N3CCCCC3)c2)cc1C. The van der Waals surface area contributed by atoms with E-state index in [0.717, 1.165) is 35.7 Å². The van der Waals surface area contributed by atoms with E-state index in [2.05, 4.69) is 33.5 Å². The summed E-state index contributed by atoms with van der Waals surface area (Å²) in [7, 11) is 0. The molecular weight excluding hydrogens is 312 g/mol. The number of hydrogen-bond acceptors (Lipinski definition) is 3. The number of pyridine rings is 1. The molecule has 2 heterocycles. The lowest BCUT2D eigenvalue weighted by Gasteiger charge is -2.27. The number of benzene rings is 1. The molecule has 1 aliphatic heterocycles. The fourth-order valence-electron chi connectivity index (χ4n) is 3.04. The van der Waals surface area contributed by atoms with Gasteiger partial charge in [0.1, 0.15) is 5.82 Å². The highest BCUT2D eigenvalue weighted by Gasteiger charge is 2.12. The van der Waals surface area contributed by atoms with E-state index in [4.69, 9.17) is 0 Å². The maximum Gasteiger partial charge on any atom is 0.319 e. The molecule has 0 aliphatic carbocycles. The highest BCUT2D eigenvalue weighted by Crippen LogP contribution is 2.18. The molecule has 132 valence electrons. The van der Waals surface area contributed by atoms with Gasteiger partial charge >= 0.3 is 6.03 Å². The Morgan fingerprint density at radius 1 is 1.08 bits per heavy atom. The van der Waals surface area contributed by atoms with Crippen molar-refractivity contribution in [3.05, 3.63) is 53.2 Å². The Kier molecular flexibility index (Phi) is 5.53. The van der Waals surface area contributed by atoms with E-state index >= 15 is 0 Å². The number of rotatable bonds is 4. The van der Waals surface area contributed by atoms with Crippen molar-refractivity contribution in [3.63, 3.8) is 0 Å². The third kappa shape index (κ3) is 4.72. The zero-order valence-corrected chi connectivity index (χ0v) is 15.0. The van der Waals surface area contributed by atoms with Crippen LogP contribution in [0.3, 0.4) is 0 Å². The number of aryl methyl sites for hydroxylation is 2. The van der Waals surface area contributed by atoms with Crippen LogP contribution < -0.4 is 15.5 Å². The maximum absolute atomic E-state index is 12.1. The van der Waals surface area contributed by atoms with Crippen molar-refractivity contribution in [2.75, 3.05) is 23.3 Å². The summed E-state index contributed by atoms with van der Waals surface area (Å²) in [4.78, 5) is 18.9. The lowest BCUT2D eigenvalue weighted by Crippen LogP contribution is -2.31. The number of nitrogens with one attached hydrogen (secondary N) is 2. The van der Waals surface area contributed by atoms with Gasteiger partial charge in [-0.25, -0.2) is 9.78 Å². The van der Waals surface area contributed by atoms with Crippen LogP contribution in [-0.2, 0) is 6.54 Å². The summed E-state index contributed by atoms with van der Waals surface area (Å²) in [5.74, 6) is 1.01. The number of aromatic nitrogens is 1. The number of carbonyl (C=O) groups excluding carboxylic acids is 1. The van der Waals surface area contributed by atoms with Crippen LogP contribution in [0, 0.1) is 13.8 Å². The van der Waals surface area contributed by atoms with Gasteiger partial charge in [0.2, 0.25) is 0 Å². The average molecular weight is 338 g/mol. The minimum absolute atomic E-state index is 0.195. The number of piperidine rings is 1. The van der Waals surface area contributed by atoms with Gasteiger partial charge in [0, 0.05) is 31.5 Å². The van der Waals surface area contributed by atoms with Gasteiger partial charge in [-0.1, -0.05) is 6.07 Å². The van der Waals surface area contributed by atoms with E-state index in [9.17, 15) is 4.79 Å². The molecule has 3 rings (SSSR count). The Balaban J connectivity index is 1.55. The number of hydrogen-bond donors (Lipinski definition) is 2. The van der Waals surface area contributed by atoms with E-state index in [0.29, 0.717) is 6.54 Å². The van der Waals surface area contributed by atoms with Gasteiger partial charge in [-0.3, -0.25) is 0 Å². The number of carbonyl (C=O) groups is 1. The molecule has 1 saturated heterocycles. The molecule has 2 aromatic rings. The zero-order valence-electron chi connectivity index (χ0n) is 15.0. The molecule has 0 saturated carbocycles. The van der Waals surface area contributed by atoms with E-state index in [1.165, 1.54) is 24.8 Å². The van der Waals surface area contributed by atoms with Crippen molar-refractivity contribution in [1.82, 2.24) is 10.3 Å². The zero-order chi connectivity index (χ0) is 17.6. The van der Waals surface area contributed by atoms with Crippen molar-refractivity contribution in [2.45, 2.75) is 39.7 Å². The first-order chi connectivity index (χ1) is 12.1. The molecule has 2 N–H and O–H groups in total. The Morgan fingerprint density at radius 2 is 1.88 bits per heavy atom. The largest absolute Gasteiger partial charge is 0.357 e. The summed E-state index contributed by atoms with van der Waals surface area (Å²) in [6.07, 6.45) is 5.57. The van der Waals surface area contributed by atoms with Crippen molar-refractivity contribution < 1.29 is 4.79 Å². The molecule has 1 aliphatic rings. The number of nitrogens with zero attached hydrogens (tertiary/aromatic N) is 2. The predicted octanol–water partition coefficient (Wildman–Crippen LogP) is 4.01. The highest BCUT2D eigenvalue weighted by atomic mass is 16.2. The van der Waals surface area contributed by atoms with E-state index in [1.807, 2.05) is 37.4 Å². The van der Waals surface area contributed by atoms with Crippen LogP contribution in [0.4, 0.5) is 16.3 Å². The lowest BCUT2D eigenvalue weighted by atomic mass is 10.1. The molecule has 0 radical (unpaired) electrons. The predicted molar refractivity (Wildman–Crippen MR) is 102 cm³/mol. The second kappa shape index (κ2) is 8.01. The Morgan fingerprint density at radius 3 is 2.64 bits per heavy atom. The van der Waals surface area contributed by atoms with Crippen LogP contribution in [-0.4, -0.2) is 24.1 Å². The van der Waals surface area contributed by atoms with E-state index in [-0.39, 0.29) is 6.03 Å². The summed E-state index contributed by atoms with van der Waals surface area (Å²) in [6.45, 7) is 6.72. The van der Waals surface area contributed by atoms with Gasteiger partial charge in [0.25, 0.3) is 0 Å². The van der Waals surface area contributed by atoms with Gasteiger partial charge in [-0.2, -0.15) is 0 Å². The quantitative estimate of drug-likeness (QED) is 0.885. The first kappa shape index (κ1) is 17.3. The average Bonchev–Trinajstić information content (AvgIpc) is 2.64. The summed E-state index contributed by atoms with van der Waals surface area (Å²) in [5.41, 5.74) is 4.25. The molecule has 1 aromatic heterocycles. The lowest BCUT2D eigenvalue weighted by molar-refractivity contribution is 0.251. The fraction of sp³-hybridized carbons (Fsp3) is 0.400. The van der Waals surface area contributed by atoms with Crippen molar-refractivity contribution in [3.8, 4) is 0 Å². The minimum Gasteiger partial charge on any atom is -0.357 e. The molecule has 5 heteroatoms. The second-order valence-electron chi connectivity index (χ2n) is 6.68. The summed E-state index contributed by atoms with van der Waals surface area (Å²) >= 11 is 0. The molecule has 1 fully saturated rings. The Labute approximate surface area is 149 Å². The molecule has 2 amide bonds. The van der Waals surface area contributed by atoms with Crippen LogP contribution >= 0.6 is 0 Å². The van der Waals surface area contributed by atoms with E-state index < -0.39 is 0 Å². The van der Waals surface area contributed by atoms with E-state index in [1.54, 1.807) is 0 Å². The fourth-order valence-corrected chi connectivity index (χ4v) is 3.04. The smallest absolute Gasteiger partial charge is 0.319 e. The molecule has 25 heavy (non-hydrogen) atoms. The molecule has 0 bridgehead atoms. The Bertz CT molecular complexity index is 738. The first-order valence-electron chi connectivity index (χ1n) is 8.94. The monoisotopic (exact) mass is 338 g/mol. The number of urea groups is 1. The summed E-state index contributed by atoms with van der Waals surface area (Å²) < 4.78 is 0. The Hall–Kier alpha value is -2.56. The van der Waals surface area contributed by atoms with Crippen LogP contribution in [0.15, 0.2) is 36.5 Å². The van der Waals surface area contributed by atoms with Gasteiger partial charge < -0.3 is 15.5 Å². The van der Waals surface area contributed by atoms with Gasteiger partial charge in [-0.05, 0) is 74.1 Å². The normalized spacial score (nSPS) is 14.2. The molecule has 1 aromatic carbocycles. The van der Waals surface area contributed by atoms with Crippen molar-refractivity contribution in [1.29, 1.82) is 0 Å². The molecule has 0 spiro atoms. The van der Waals surface area contributed by atoms with Crippen LogP contribution in [0.2, 0.25) is 0 Å². The standard InChI is InChI=1S/C20H26N4O/c1-15-6-7-18(12-16(15)2)23-20(25)22-14-17-8-9-21-19(13-17)24-10-4-3-5-11-24/h6-9,12-13H,3-5,10-11,14H2,1-2H3,(H2,22,23,25). The molecule has 5 nitrogen and oxygen atoms in total. The van der Waals surface area contributed by atoms with Crippen LogP contribution in [0.25, 0.3) is 0 Å². The molecule has 0 atom stereocenters. The summed E-state index contributed by atoms with van der Waals surface area (Å²) in [5, 5.41) is 5.80. The van der Waals surface area contributed by atoms with Crippen molar-refractivity contribution in [2.24, 2.45) is 0 Å². The molecule has 0 unspecified atom stereocenters. The highest BCUT2D eigenvalue weighted by molar-refractivity contribution is 5.89. The van der Waals surface area contributed by atoms with Gasteiger partial charge in [-0.15, -0.1) is 0 Å². The van der Waals surface area contributed by atoms with Crippen LogP contribution in [0.5, 0.6) is 0 Å².